The molecule has 2 N–H and O–H groups in total. The molecule has 128 valence electrons. The number of benzene rings is 1. The van der Waals surface area contributed by atoms with Crippen molar-refractivity contribution in [2.45, 2.75) is 57.5 Å². The molecule has 0 radical (unpaired) electrons. The van der Waals surface area contributed by atoms with Gasteiger partial charge in [0.15, 0.2) is 0 Å². The zero-order valence-electron chi connectivity index (χ0n) is 14.4. The predicted molar refractivity (Wildman–Crippen MR) is 89.8 cm³/mol. The standard InChI is InChI=1S/C20H24O4/c1-10(2)12-6-13-15(7-17(12)21)20(3)5-4-11-14(9-24-19(11)23)16(20)8-18(13)22/h6-7,10,16,18,21-22H,4-5,8-9H2,1-3H3/t16-,18+,20+/m0/s1. The maximum atomic E-state index is 11.9. The summed E-state index contributed by atoms with van der Waals surface area (Å²) in [5, 5.41) is 21.3. The number of aliphatic hydroxyl groups excluding tert-OH is 1. The molecule has 4 nitrogen and oxygen atoms in total. The molecule has 0 aromatic heterocycles. The first-order valence-corrected chi connectivity index (χ1v) is 8.77. The van der Waals surface area contributed by atoms with Gasteiger partial charge in [-0.3, -0.25) is 0 Å². The van der Waals surface area contributed by atoms with Crippen LogP contribution in [0.1, 0.15) is 68.7 Å². The Morgan fingerprint density at radius 3 is 2.79 bits per heavy atom. The van der Waals surface area contributed by atoms with Gasteiger partial charge in [0, 0.05) is 11.0 Å². The van der Waals surface area contributed by atoms with E-state index in [-0.39, 0.29) is 23.2 Å². The van der Waals surface area contributed by atoms with E-state index in [9.17, 15) is 15.0 Å². The lowest BCUT2D eigenvalue weighted by atomic mass is 9.56. The molecule has 2 aliphatic carbocycles. The summed E-state index contributed by atoms with van der Waals surface area (Å²) in [7, 11) is 0. The van der Waals surface area contributed by atoms with Crippen LogP contribution in [0.5, 0.6) is 5.75 Å². The van der Waals surface area contributed by atoms with Crippen molar-refractivity contribution in [3.8, 4) is 5.75 Å². The predicted octanol–water partition coefficient (Wildman–Crippen LogP) is 3.47. The number of carbonyl (C=O) groups excluding carboxylic acids is 1. The number of esters is 1. The van der Waals surface area contributed by atoms with Crippen molar-refractivity contribution in [2.24, 2.45) is 5.92 Å². The summed E-state index contributed by atoms with van der Waals surface area (Å²) >= 11 is 0. The fourth-order valence-corrected chi connectivity index (χ4v) is 4.90. The van der Waals surface area contributed by atoms with Gasteiger partial charge in [0.05, 0.1) is 6.10 Å². The van der Waals surface area contributed by atoms with Crippen LogP contribution in [0.4, 0.5) is 0 Å². The van der Waals surface area contributed by atoms with Gasteiger partial charge in [0.1, 0.15) is 12.4 Å². The number of carbonyl (C=O) groups is 1. The van der Waals surface area contributed by atoms with Gasteiger partial charge in [-0.15, -0.1) is 0 Å². The molecule has 1 heterocycles. The van der Waals surface area contributed by atoms with E-state index in [1.807, 2.05) is 26.0 Å². The molecule has 1 aromatic rings. The van der Waals surface area contributed by atoms with Gasteiger partial charge in [-0.2, -0.15) is 0 Å². The zero-order valence-corrected chi connectivity index (χ0v) is 14.4. The highest BCUT2D eigenvalue weighted by Crippen LogP contribution is 2.56. The second kappa shape index (κ2) is 5.09. The Hall–Kier alpha value is -1.81. The van der Waals surface area contributed by atoms with Crippen molar-refractivity contribution in [2.75, 3.05) is 6.61 Å². The number of rotatable bonds is 1. The molecule has 3 aliphatic rings. The van der Waals surface area contributed by atoms with E-state index in [1.165, 1.54) is 0 Å². The first kappa shape index (κ1) is 15.7. The molecule has 0 fully saturated rings. The van der Waals surface area contributed by atoms with Gasteiger partial charge in [-0.25, -0.2) is 4.79 Å². The minimum atomic E-state index is -0.571. The number of hydrogen-bond acceptors (Lipinski definition) is 4. The highest BCUT2D eigenvalue weighted by molar-refractivity contribution is 5.92. The molecule has 0 spiro atoms. The van der Waals surface area contributed by atoms with Gasteiger partial charge >= 0.3 is 5.97 Å². The van der Waals surface area contributed by atoms with Crippen molar-refractivity contribution in [3.05, 3.63) is 40.0 Å². The minimum absolute atomic E-state index is 0.0968. The quantitative estimate of drug-likeness (QED) is 0.775. The SMILES string of the molecule is CC(C)c1cc2c(cc1O)[C@@]1(C)CCC3=C(COC3=O)[C@@H]1C[C@H]2O. The average molecular weight is 328 g/mol. The third-order valence-corrected chi connectivity index (χ3v) is 6.33. The summed E-state index contributed by atoms with van der Waals surface area (Å²) < 4.78 is 5.25. The number of hydrogen-bond donors (Lipinski definition) is 2. The number of phenolic OH excluding ortho intramolecular Hbond substituents is 1. The second-order valence-electron chi connectivity index (χ2n) is 7.95. The molecule has 1 aromatic carbocycles. The Morgan fingerprint density at radius 2 is 2.08 bits per heavy atom. The van der Waals surface area contributed by atoms with Crippen LogP contribution in [0.2, 0.25) is 0 Å². The Balaban J connectivity index is 1.88. The molecule has 0 unspecified atom stereocenters. The lowest BCUT2D eigenvalue weighted by molar-refractivity contribution is -0.136. The number of fused-ring (bicyclic) bond motifs is 4. The molecular formula is C20H24O4. The van der Waals surface area contributed by atoms with Crippen LogP contribution in [0.3, 0.4) is 0 Å². The van der Waals surface area contributed by atoms with Crippen LogP contribution in [0.25, 0.3) is 0 Å². The normalized spacial score (nSPS) is 31.6. The van der Waals surface area contributed by atoms with Crippen LogP contribution in [0, 0.1) is 5.92 Å². The average Bonchev–Trinajstić information content (AvgIpc) is 2.90. The molecule has 0 saturated carbocycles. The molecule has 0 amide bonds. The Kier molecular flexibility index (Phi) is 3.33. The maximum absolute atomic E-state index is 11.9. The number of aliphatic hydroxyl groups is 1. The van der Waals surface area contributed by atoms with Crippen LogP contribution in [0.15, 0.2) is 23.3 Å². The van der Waals surface area contributed by atoms with E-state index in [4.69, 9.17) is 4.74 Å². The van der Waals surface area contributed by atoms with Crippen LogP contribution in [-0.2, 0) is 14.9 Å². The Labute approximate surface area is 142 Å². The van der Waals surface area contributed by atoms with Crippen LogP contribution >= 0.6 is 0 Å². The van der Waals surface area contributed by atoms with Crippen molar-refractivity contribution >= 4 is 5.97 Å². The fraction of sp³-hybridized carbons (Fsp3) is 0.550. The third kappa shape index (κ3) is 1.99. The van der Waals surface area contributed by atoms with Gasteiger partial charge in [-0.1, -0.05) is 20.8 Å². The first-order valence-electron chi connectivity index (χ1n) is 8.77. The highest BCUT2D eigenvalue weighted by atomic mass is 16.5. The smallest absolute Gasteiger partial charge is 0.334 e. The van der Waals surface area contributed by atoms with Crippen molar-refractivity contribution in [3.63, 3.8) is 0 Å². The van der Waals surface area contributed by atoms with Gasteiger partial charge in [-0.05, 0) is 65.5 Å². The lowest BCUT2D eigenvalue weighted by Gasteiger charge is -2.48. The molecule has 3 atom stereocenters. The molecule has 4 heteroatoms. The summed E-state index contributed by atoms with van der Waals surface area (Å²) in [6, 6.07) is 3.82. The van der Waals surface area contributed by atoms with E-state index in [0.717, 1.165) is 34.3 Å². The number of phenols is 1. The van der Waals surface area contributed by atoms with E-state index in [1.54, 1.807) is 0 Å². The van der Waals surface area contributed by atoms with Gasteiger partial charge in [0.25, 0.3) is 0 Å². The van der Waals surface area contributed by atoms with E-state index in [2.05, 4.69) is 6.92 Å². The van der Waals surface area contributed by atoms with Crippen molar-refractivity contribution in [1.82, 2.24) is 0 Å². The van der Waals surface area contributed by atoms with Gasteiger partial charge < -0.3 is 14.9 Å². The van der Waals surface area contributed by atoms with Crippen molar-refractivity contribution in [1.29, 1.82) is 0 Å². The zero-order chi connectivity index (χ0) is 17.2. The molecule has 0 saturated heterocycles. The molecule has 0 bridgehead atoms. The second-order valence-corrected chi connectivity index (χ2v) is 7.95. The van der Waals surface area contributed by atoms with E-state index >= 15 is 0 Å². The molecular weight excluding hydrogens is 304 g/mol. The van der Waals surface area contributed by atoms with E-state index in [0.29, 0.717) is 25.2 Å². The van der Waals surface area contributed by atoms with Crippen LogP contribution in [-0.4, -0.2) is 22.8 Å². The monoisotopic (exact) mass is 328 g/mol. The van der Waals surface area contributed by atoms with Gasteiger partial charge in [0.2, 0.25) is 0 Å². The van der Waals surface area contributed by atoms with Crippen molar-refractivity contribution < 1.29 is 19.7 Å². The first-order chi connectivity index (χ1) is 11.3. The molecule has 4 rings (SSSR count). The molecule has 24 heavy (non-hydrogen) atoms. The number of aromatic hydroxyl groups is 1. The number of cyclic esters (lactones) is 1. The lowest BCUT2D eigenvalue weighted by Crippen LogP contribution is -2.42. The van der Waals surface area contributed by atoms with E-state index < -0.39 is 6.10 Å². The number of ether oxygens (including phenoxy) is 1. The molecule has 1 aliphatic heterocycles. The minimum Gasteiger partial charge on any atom is -0.508 e. The summed E-state index contributed by atoms with van der Waals surface area (Å²) in [5.41, 5.74) is 4.55. The Bertz CT molecular complexity index is 761. The fourth-order valence-electron chi connectivity index (χ4n) is 4.90. The summed E-state index contributed by atoms with van der Waals surface area (Å²) in [4.78, 5) is 11.9. The topological polar surface area (TPSA) is 66.8 Å². The Morgan fingerprint density at radius 1 is 1.33 bits per heavy atom. The third-order valence-electron chi connectivity index (χ3n) is 6.33. The maximum Gasteiger partial charge on any atom is 0.334 e. The summed E-state index contributed by atoms with van der Waals surface area (Å²) in [6.07, 6.45) is 1.59. The summed E-state index contributed by atoms with van der Waals surface area (Å²) in [6.45, 7) is 6.64. The highest BCUT2D eigenvalue weighted by Gasteiger charge is 2.50. The summed E-state index contributed by atoms with van der Waals surface area (Å²) in [5.74, 6) is 0.413. The largest absolute Gasteiger partial charge is 0.508 e. The van der Waals surface area contributed by atoms with Crippen LogP contribution < -0.4 is 0 Å².